The summed E-state index contributed by atoms with van der Waals surface area (Å²) >= 11 is 0. The smallest absolute Gasteiger partial charge is 0.410 e. The summed E-state index contributed by atoms with van der Waals surface area (Å²) in [4.78, 5) is 14.4. The third-order valence-corrected chi connectivity index (χ3v) is 6.26. The van der Waals surface area contributed by atoms with Gasteiger partial charge in [-0.1, -0.05) is 43.7 Å². The van der Waals surface area contributed by atoms with Crippen LogP contribution < -0.4 is 4.72 Å². The molecule has 35 heavy (non-hydrogen) atoms. The highest BCUT2D eigenvalue weighted by Gasteiger charge is 2.23. The summed E-state index contributed by atoms with van der Waals surface area (Å²) in [5.74, 6) is 0. The van der Waals surface area contributed by atoms with Gasteiger partial charge in [-0.25, -0.2) is 4.79 Å². The van der Waals surface area contributed by atoms with Crippen molar-refractivity contribution < 1.29 is 27.1 Å². The molecule has 8 nitrogen and oxygen atoms in total. The third-order valence-electron chi connectivity index (χ3n) is 5.03. The SMILES string of the molecule is CCCCOCCN(Cc1ccc2cc(S(=O)(=O)Nc3ccccc3)oc2c1)C(=O)OC(C)(C)C. The third kappa shape index (κ3) is 8.00. The number of fused-ring (bicyclic) bond motifs is 1. The number of hydrogen-bond donors (Lipinski definition) is 1. The van der Waals surface area contributed by atoms with Crippen LogP contribution in [0.5, 0.6) is 0 Å². The van der Waals surface area contributed by atoms with Crippen molar-refractivity contribution in [3.8, 4) is 0 Å². The van der Waals surface area contributed by atoms with E-state index in [1.807, 2.05) is 26.8 Å². The largest absolute Gasteiger partial charge is 0.444 e. The van der Waals surface area contributed by atoms with E-state index in [2.05, 4.69) is 11.6 Å². The molecule has 190 valence electrons. The lowest BCUT2D eigenvalue weighted by Gasteiger charge is -2.27. The molecular weight excluding hydrogens is 468 g/mol. The fourth-order valence-electron chi connectivity index (χ4n) is 3.30. The van der Waals surface area contributed by atoms with Gasteiger partial charge in [0.15, 0.2) is 0 Å². The van der Waals surface area contributed by atoms with Crippen LogP contribution in [0, 0.1) is 0 Å². The van der Waals surface area contributed by atoms with E-state index in [0.29, 0.717) is 36.4 Å². The van der Waals surface area contributed by atoms with Gasteiger partial charge in [-0.15, -0.1) is 0 Å². The standard InChI is InChI=1S/C26H34N2O6S/c1-5-6-15-32-16-14-28(25(29)34-26(2,3)4)19-20-12-13-21-18-24(33-23(21)17-20)35(30,31)27-22-10-8-7-9-11-22/h7-13,17-18,27H,5-6,14-16,19H2,1-4H3. The zero-order chi connectivity index (χ0) is 25.5. The lowest BCUT2D eigenvalue weighted by molar-refractivity contribution is 0.0155. The predicted octanol–water partition coefficient (Wildman–Crippen LogP) is 5.79. The number of carbonyl (C=O) groups excluding carboxylic acids is 1. The highest BCUT2D eigenvalue weighted by atomic mass is 32.2. The molecule has 0 aliphatic carbocycles. The highest BCUT2D eigenvalue weighted by Crippen LogP contribution is 2.26. The van der Waals surface area contributed by atoms with Gasteiger partial charge in [0.05, 0.1) is 6.61 Å². The van der Waals surface area contributed by atoms with Gasteiger partial charge in [0.2, 0.25) is 5.09 Å². The molecule has 0 aliphatic rings. The van der Waals surface area contributed by atoms with Crippen molar-refractivity contribution in [3.63, 3.8) is 0 Å². The van der Waals surface area contributed by atoms with Crippen LogP contribution in [0.2, 0.25) is 0 Å². The number of hydrogen-bond acceptors (Lipinski definition) is 6. The van der Waals surface area contributed by atoms with Crippen molar-refractivity contribution >= 4 is 32.8 Å². The van der Waals surface area contributed by atoms with E-state index in [1.54, 1.807) is 47.4 Å². The van der Waals surface area contributed by atoms with Gasteiger partial charge in [-0.05, 0) is 51.0 Å². The summed E-state index contributed by atoms with van der Waals surface area (Å²) in [6, 6.07) is 15.5. The summed E-state index contributed by atoms with van der Waals surface area (Å²) in [6.45, 7) is 9.24. The van der Waals surface area contributed by atoms with Gasteiger partial charge in [0, 0.05) is 36.8 Å². The number of unbranched alkanes of at least 4 members (excludes halogenated alkanes) is 1. The minimum atomic E-state index is -3.88. The Hall–Kier alpha value is -3.04. The second-order valence-corrected chi connectivity index (χ2v) is 10.9. The number of nitrogens with zero attached hydrogens (tertiary/aromatic N) is 1. The molecule has 0 aliphatic heterocycles. The van der Waals surface area contributed by atoms with Crippen molar-refractivity contribution in [1.82, 2.24) is 4.90 Å². The number of amides is 1. The number of sulfonamides is 1. The monoisotopic (exact) mass is 502 g/mol. The molecule has 1 N–H and O–H groups in total. The first-order valence-corrected chi connectivity index (χ1v) is 13.2. The lowest BCUT2D eigenvalue weighted by Crippen LogP contribution is -2.38. The maximum Gasteiger partial charge on any atom is 0.410 e. The molecule has 3 aromatic rings. The molecule has 9 heteroatoms. The number of furan rings is 1. The molecular formula is C26H34N2O6S. The Kier molecular flexibility index (Phi) is 8.80. The van der Waals surface area contributed by atoms with E-state index in [4.69, 9.17) is 13.9 Å². The Morgan fingerprint density at radius 1 is 1.06 bits per heavy atom. The molecule has 2 aromatic carbocycles. The number of anilines is 1. The predicted molar refractivity (Wildman–Crippen MR) is 136 cm³/mol. The first-order chi connectivity index (χ1) is 16.6. The van der Waals surface area contributed by atoms with Crippen LogP contribution >= 0.6 is 0 Å². The van der Waals surface area contributed by atoms with Crippen LogP contribution in [0.1, 0.15) is 46.1 Å². The number of ether oxygens (including phenoxy) is 2. The molecule has 0 bridgehead atoms. The minimum absolute atomic E-state index is 0.179. The van der Waals surface area contributed by atoms with Crippen LogP contribution in [-0.4, -0.2) is 44.8 Å². The molecule has 3 rings (SSSR count). The summed E-state index contributed by atoms with van der Waals surface area (Å²) < 4.78 is 44.9. The van der Waals surface area contributed by atoms with Crippen LogP contribution in [0.15, 0.2) is 64.1 Å². The van der Waals surface area contributed by atoms with Gasteiger partial charge >= 0.3 is 6.09 Å². The van der Waals surface area contributed by atoms with Crippen molar-refractivity contribution in [2.45, 2.75) is 57.8 Å². The van der Waals surface area contributed by atoms with Crippen LogP contribution in [0.4, 0.5) is 10.5 Å². The Labute approximate surface area is 207 Å². The Balaban J connectivity index is 1.76. The summed E-state index contributed by atoms with van der Waals surface area (Å²) in [6.07, 6.45) is 1.56. The minimum Gasteiger partial charge on any atom is -0.444 e. The highest BCUT2D eigenvalue weighted by molar-refractivity contribution is 7.92. The first-order valence-electron chi connectivity index (χ1n) is 11.7. The topological polar surface area (TPSA) is 98.1 Å². The van der Waals surface area contributed by atoms with Gasteiger partial charge < -0.3 is 18.8 Å². The van der Waals surface area contributed by atoms with E-state index >= 15 is 0 Å². The number of nitrogens with one attached hydrogen (secondary N) is 1. The van der Waals surface area contributed by atoms with E-state index in [-0.39, 0.29) is 11.6 Å². The van der Waals surface area contributed by atoms with E-state index in [1.165, 1.54) is 6.07 Å². The molecule has 0 unspecified atom stereocenters. The maximum absolute atomic E-state index is 12.8. The number of rotatable bonds is 11. The van der Waals surface area contributed by atoms with Crippen molar-refractivity contribution in [3.05, 3.63) is 60.2 Å². The van der Waals surface area contributed by atoms with Gasteiger partial charge in [-0.3, -0.25) is 4.72 Å². The van der Waals surface area contributed by atoms with E-state index < -0.39 is 21.7 Å². The first kappa shape index (κ1) is 26.6. The van der Waals surface area contributed by atoms with Gasteiger partial charge in [-0.2, -0.15) is 8.42 Å². The fraction of sp³-hybridized carbons (Fsp3) is 0.423. The molecule has 0 spiro atoms. The van der Waals surface area contributed by atoms with Crippen molar-refractivity contribution in [2.24, 2.45) is 0 Å². The molecule has 0 saturated heterocycles. The number of carbonyl (C=O) groups is 1. The molecule has 1 aromatic heterocycles. The van der Waals surface area contributed by atoms with Crippen molar-refractivity contribution in [2.75, 3.05) is 24.5 Å². The lowest BCUT2D eigenvalue weighted by atomic mass is 10.1. The van der Waals surface area contributed by atoms with E-state index in [0.717, 1.165) is 18.4 Å². The average molecular weight is 503 g/mol. The zero-order valence-electron chi connectivity index (χ0n) is 20.7. The van der Waals surface area contributed by atoms with Crippen LogP contribution in [0.3, 0.4) is 0 Å². The van der Waals surface area contributed by atoms with Crippen LogP contribution in [-0.2, 0) is 26.0 Å². The maximum atomic E-state index is 12.8. The Morgan fingerprint density at radius 3 is 2.49 bits per heavy atom. The summed E-state index contributed by atoms with van der Waals surface area (Å²) in [5.41, 5.74) is 1.02. The Morgan fingerprint density at radius 2 is 1.80 bits per heavy atom. The fourth-order valence-corrected chi connectivity index (χ4v) is 4.33. The van der Waals surface area contributed by atoms with Crippen LogP contribution in [0.25, 0.3) is 11.0 Å². The quantitative estimate of drug-likeness (QED) is 0.333. The zero-order valence-corrected chi connectivity index (χ0v) is 21.6. The second-order valence-electron chi connectivity index (χ2n) is 9.28. The molecule has 1 heterocycles. The molecule has 0 fully saturated rings. The van der Waals surface area contributed by atoms with Gasteiger partial charge in [0.1, 0.15) is 11.2 Å². The average Bonchev–Trinajstić information content (AvgIpc) is 3.22. The second kappa shape index (κ2) is 11.6. The normalized spacial score (nSPS) is 12.0. The molecule has 0 saturated carbocycles. The molecule has 1 amide bonds. The number of benzene rings is 2. The summed E-state index contributed by atoms with van der Waals surface area (Å²) in [5, 5.41) is 0.468. The Bertz CT molecular complexity index is 1220. The number of para-hydroxylation sites is 1. The van der Waals surface area contributed by atoms with Crippen molar-refractivity contribution in [1.29, 1.82) is 0 Å². The van der Waals surface area contributed by atoms with E-state index in [9.17, 15) is 13.2 Å². The molecule has 0 radical (unpaired) electrons. The molecule has 0 atom stereocenters. The van der Waals surface area contributed by atoms with Gasteiger partial charge in [0.25, 0.3) is 10.0 Å². The summed E-state index contributed by atoms with van der Waals surface area (Å²) in [7, 11) is -3.88.